The summed E-state index contributed by atoms with van der Waals surface area (Å²) in [5, 5.41) is 13.2. The number of ether oxygens (including phenoxy) is 1. The van der Waals surface area contributed by atoms with E-state index in [0.717, 1.165) is 12.1 Å². The number of imide groups is 2. The molecule has 1 fully saturated rings. The van der Waals surface area contributed by atoms with E-state index in [1.807, 2.05) is 0 Å². The van der Waals surface area contributed by atoms with Crippen LogP contribution in [0, 0.1) is 15.9 Å². The highest BCUT2D eigenvalue weighted by Crippen LogP contribution is 2.35. The first-order valence-electron chi connectivity index (χ1n) is 10.2. The monoisotopic (exact) mass is 529 g/mol. The molecule has 0 bridgehead atoms. The number of carbonyl (C=O) groups excluding carboxylic acids is 3. The van der Waals surface area contributed by atoms with E-state index < -0.39 is 34.2 Å². The predicted molar refractivity (Wildman–Crippen MR) is 129 cm³/mol. The van der Waals surface area contributed by atoms with Gasteiger partial charge in [0.25, 0.3) is 17.5 Å². The quantitative estimate of drug-likeness (QED) is 0.200. The van der Waals surface area contributed by atoms with Crippen LogP contribution in [0.4, 0.5) is 20.6 Å². The number of nitrogens with zero attached hydrogens (tertiary/aromatic N) is 2. The number of non-ortho nitro benzene ring substituents is 1. The summed E-state index contributed by atoms with van der Waals surface area (Å²) in [6.45, 7) is -0.00858. The zero-order valence-corrected chi connectivity index (χ0v) is 19.5. The van der Waals surface area contributed by atoms with Crippen LogP contribution in [0.2, 0.25) is 10.0 Å². The second-order valence-electron chi connectivity index (χ2n) is 7.45. The number of anilines is 1. The van der Waals surface area contributed by atoms with E-state index in [1.54, 1.807) is 0 Å². The van der Waals surface area contributed by atoms with Crippen LogP contribution in [-0.2, 0) is 16.2 Å². The Kier molecular flexibility index (Phi) is 7.00. The smallest absolute Gasteiger partial charge is 0.335 e. The Bertz CT molecular complexity index is 1430. The number of nitrogens with one attached hydrogen (secondary N) is 1. The van der Waals surface area contributed by atoms with E-state index in [2.05, 4.69) is 5.32 Å². The maximum Gasteiger partial charge on any atom is 0.335 e. The molecule has 3 aromatic carbocycles. The Balaban J connectivity index is 1.69. The van der Waals surface area contributed by atoms with Crippen LogP contribution >= 0.6 is 23.2 Å². The number of rotatable bonds is 6. The normalized spacial score (nSPS) is 14.7. The first-order valence-corrected chi connectivity index (χ1v) is 10.9. The number of halogens is 3. The maximum absolute atomic E-state index is 13.2. The van der Waals surface area contributed by atoms with Crippen molar-refractivity contribution in [3.63, 3.8) is 0 Å². The van der Waals surface area contributed by atoms with Crippen molar-refractivity contribution < 1.29 is 28.4 Å². The number of hydrogen-bond donors (Lipinski definition) is 1. The van der Waals surface area contributed by atoms with E-state index in [1.165, 1.54) is 54.6 Å². The Morgan fingerprint density at radius 2 is 1.69 bits per heavy atom. The van der Waals surface area contributed by atoms with Crippen molar-refractivity contribution in [2.24, 2.45) is 0 Å². The van der Waals surface area contributed by atoms with Crippen molar-refractivity contribution in [1.29, 1.82) is 0 Å². The number of amides is 4. The molecule has 1 saturated heterocycles. The molecular weight excluding hydrogens is 516 g/mol. The van der Waals surface area contributed by atoms with Gasteiger partial charge in [-0.05, 0) is 48.0 Å². The second-order valence-corrected chi connectivity index (χ2v) is 8.30. The van der Waals surface area contributed by atoms with Crippen LogP contribution in [0.15, 0.2) is 66.2 Å². The van der Waals surface area contributed by atoms with Gasteiger partial charge in [-0.2, -0.15) is 0 Å². The number of nitro groups is 1. The van der Waals surface area contributed by atoms with E-state index in [4.69, 9.17) is 27.9 Å². The molecule has 1 heterocycles. The van der Waals surface area contributed by atoms with E-state index in [0.29, 0.717) is 10.5 Å². The lowest BCUT2D eigenvalue weighted by Gasteiger charge is -2.26. The van der Waals surface area contributed by atoms with Gasteiger partial charge in [0, 0.05) is 22.7 Å². The molecule has 1 N–H and O–H groups in total. The Hall–Kier alpha value is -4.28. The van der Waals surface area contributed by atoms with Crippen molar-refractivity contribution in [3.05, 3.63) is 103 Å². The number of hydrogen-bond acceptors (Lipinski definition) is 6. The molecule has 0 saturated carbocycles. The Morgan fingerprint density at radius 1 is 1.03 bits per heavy atom. The number of benzene rings is 3. The molecule has 4 amide bonds. The van der Waals surface area contributed by atoms with Gasteiger partial charge in [-0.1, -0.05) is 35.3 Å². The highest BCUT2D eigenvalue weighted by atomic mass is 35.5. The van der Waals surface area contributed by atoms with Crippen LogP contribution in [0.5, 0.6) is 5.75 Å². The van der Waals surface area contributed by atoms with E-state index >= 15 is 0 Å². The highest BCUT2D eigenvalue weighted by molar-refractivity contribution is 6.40. The molecule has 3 aromatic rings. The van der Waals surface area contributed by atoms with Crippen molar-refractivity contribution >= 4 is 58.5 Å². The first kappa shape index (κ1) is 24.8. The van der Waals surface area contributed by atoms with Gasteiger partial charge in [-0.15, -0.1) is 0 Å². The minimum atomic E-state index is -1.02. The third-order valence-corrected chi connectivity index (χ3v) is 5.55. The highest BCUT2D eigenvalue weighted by Gasteiger charge is 2.37. The fourth-order valence-corrected chi connectivity index (χ4v) is 3.91. The van der Waals surface area contributed by atoms with Crippen molar-refractivity contribution in [1.82, 2.24) is 5.32 Å². The van der Waals surface area contributed by atoms with Gasteiger partial charge in [-0.3, -0.25) is 25.0 Å². The first-order chi connectivity index (χ1) is 17.1. The minimum Gasteiger partial charge on any atom is -0.487 e. The molecule has 12 heteroatoms. The maximum atomic E-state index is 13.2. The molecule has 0 spiro atoms. The lowest BCUT2D eigenvalue weighted by atomic mass is 10.1. The summed E-state index contributed by atoms with van der Waals surface area (Å²) in [5.74, 6) is -2.26. The van der Waals surface area contributed by atoms with Crippen molar-refractivity contribution in [3.8, 4) is 5.75 Å². The molecule has 1 aliphatic heterocycles. The average molecular weight is 530 g/mol. The zero-order chi connectivity index (χ0) is 26.0. The van der Waals surface area contributed by atoms with Gasteiger partial charge in [0.1, 0.15) is 23.7 Å². The number of barbiturate groups is 1. The molecule has 182 valence electrons. The summed E-state index contributed by atoms with van der Waals surface area (Å²) in [5.41, 5.74) is 0.136. The predicted octanol–water partition coefficient (Wildman–Crippen LogP) is 5.29. The molecule has 0 radical (unpaired) electrons. The number of nitro benzene ring substituents is 1. The van der Waals surface area contributed by atoms with Crippen LogP contribution in [0.25, 0.3) is 6.08 Å². The van der Waals surface area contributed by atoms with Gasteiger partial charge in [0.15, 0.2) is 0 Å². The third-order valence-electron chi connectivity index (χ3n) is 5.05. The fraction of sp³-hybridized carbons (Fsp3) is 0.0417. The van der Waals surface area contributed by atoms with Crippen LogP contribution in [0.1, 0.15) is 11.1 Å². The van der Waals surface area contributed by atoms with Gasteiger partial charge in [0.05, 0.1) is 15.6 Å². The zero-order valence-electron chi connectivity index (χ0n) is 18.0. The molecular formula is C24H14Cl2FN3O6. The second kappa shape index (κ2) is 10.1. The SMILES string of the molecule is O=C1NC(=O)N(c2ccc([N+](=O)[O-])cc2)C(=O)/C1=C/c1cc(Cl)cc(Cl)c1OCc1ccc(F)cc1. The molecule has 0 aliphatic carbocycles. The average Bonchev–Trinajstić information content (AvgIpc) is 2.82. The third kappa shape index (κ3) is 5.19. The lowest BCUT2D eigenvalue weighted by molar-refractivity contribution is -0.384. The van der Waals surface area contributed by atoms with Crippen LogP contribution in [-0.4, -0.2) is 22.8 Å². The van der Waals surface area contributed by atoms with Gasteiger partial charge in [-0.25, -0.2) is 14.1 Å². The van der Waals surface area contributed by atoms with Gasteiger partial charge in [0.2, 0.25) is 0 Å². The molecule has 0 unspecified atom stereocenters. The lowest BCUT2D eigenvalue weighted by Crippen LogP contribution is -2.54. The van der Waals surface area contributed by atoms with Crippen molar-refractivity contribution in [2.45, 2.75) is 6.61 Å². The standard InChI is InChI=1S/C24H14Cl2FN3O6/c25-15-9-14(21(20(26)11-15)36-12-13-1-3-16(27)4-2-13)10-19-22(31)28-24(33)29(23(19)32)17-5-7-18(8-6-17)30(34)35/h1-11H,12H2,(H,28,31,33)/b19-10+. The summed E-state index contributed by atoms with van der Waals surface area (Å²) >= 11 is 12.4. The van der Waals surface area contributed by atoms with Crippen LogP contribution in [0.3, 0.4) is 0 Å². The number of urea groups is 1. The largest absolute Gasteiger partial charge is 0.487 e. The van der Waals surface area contributed by atoms with Crippen molar-refractivity contribution in [2.75, 3.05) is 4.90 Å². The summed E-state index contributed by atoms with van der Waals surface area (Å²) < 4.78 is 19.0. The van der Waals surface area contributed by atoms with Gasteiger partial charge >= 0.3 is 6.03 Å². The summed E-state index contributed by atoms with van der Waals surface area (Å²) in [6, 6.07) is 12.0. The van der Waals surface area contributed by atoms with Crippen LogP contribution < -0.4 is 15.0 Å². The molecule has 36 heavy (non-hydrogen) atoms. The fourth-order valence-electron chi connectivity index (χ4n) is 3.35. The molecule has 0 atom stereocenters. The summed E-state index contributed by atoms with van der Waals surface area (Å²) in [4.78, 5) is 49.1. The summed E-state index contributed by atoms with van der Waals surface area (Å²) in [6.07, 6.45) is 1.17. The van der Waals surface area contributed by atoms with E-state index in [9.17, 15) is 28.9 Å². The minimum absolute atomic E-state index is 0.00858. The molecule has 1 aliphatic rings. The topological polar surface area (TPSA) is 119 Å². The Morgan fingerprint density at radius 3 is 2.33 bits per heavy atom. The molecule has 9 nitrogen and oxygen atoms in total. The number of carbonyl (C=O) groups is 3. The Labute approximate surface area is 212 Å². The van der Waals surface area contributed by atoms with Gasteiger partial charge < -0.3 is 4.74 Å². The molecule has 0 aromatic heterocycles. The summed E-state index contributed by atoms with van der Waals surface area (Å²) in [7, 11) is 0. The van der Waals surface area contributed by atoms with E-state index in [-0.39, 0.29) is 39.3 Å². The molecule has 4 rings (SSSR count).